The number of aromatic nitrogens is 2. The molecule has 1 aromatic heterocycles. The lowest BCUT2D eigenvalue weighted by molar-refractivity contribution is 0.0282. The zero-order valence-electron chi connectivity index (χ0n) is 12.6. The molecule has 1 N–H and O–H groups in total. The van der Waals surface area contributed by atoms with Crippen molar-refractivity contribution in [2.45, 2.75) is 26.4 Å². The lowest BCUT2D eigenvalue weighted by Crippen LogP contribution is -2.40. The van der Waals surface area contributed by atoms with Crippen molar-refractivity contribution in [2.75, 3.05) is 27.2 Å². The molecule has 1 aromatic rings. The topological polar surface area (TPSA) is 78.5 Å². The molecule has 0 radical (unpaired) electrons. The van der Waals surface area contributed by atoms with E-state index in [4.69, 9.17) is 4.74 Å². The number of hydrogen-bond acceptors (Lipinski definition) is 4. The Morgan fingerprint density at radius 3 is 2.35 bits per heavy atom. The van der Waals surface area contributed by atoms with Crippen molar-refractivity contribution in [2.24, 2.45) is 0 Å². The third kappa shape index (κ3) is 4.91. The summed E-state index contributed by atoms with van der Waals surface area (Å²) >= 11 is 0. The Morgan fingerprint density at radius 2 is 1.85 bits per heavy atom. The number of nitrogens with one attached hydrogen (secondary N) is 1. The smallest absolute Gasteiger partial charge is 0.410 e. The highest BCUT2D eigenvalue weighted by Gasteiger charge is 2.20. The molecule has 7 nitrogen and oxygen atoms in total. The number of ether oxygens (including phenoxy) is 1. The molecule has 0 bridgehead atoms. The molecule has 0 saturated carbocycles. The first-order valence-corrected chi connectivity index (χ1v) is 6.39. The molecular formula is C13H22N4O3. The van der Waals surface area contributed by atoms with E-state index >= 15 is 0 Å². The van der Waals surface area contributed by atoms with Crippen molar-refractivity contribution in [1.82, 2.24) is 19.8 Å². The maximum Gasteiger partial charge on any atom is 0.410 e. The van der Waals surface area contributed by atoms with Gasteiger partial charge in [0, 0.05) is 39.6 Å². The third-order valence-corrected chi connectivity index (χ3v) is 2.52. The molecule has 112 valence electrons. The number of carbonyl (C=O) groups is 2. The predicted octanol–water partition coefficient (Wildman–Crippen LogP) is 1.35. The summed E-state index contributed by atoms with van der Waals surface area (Å²) in [6.07, 6.45) is 2.71. The van der Waals surface area contributed by atoms with E-state index in [1.807, 2.05) is 20.8 Å². The van der Waals surface area contributed by atoms with E-state index in [1.165, 1.54) is 16.0 Å². The number of H-pyrrole nitrogens is 1. The second-order valence-electron chi connectivity index (χ2n) is 5.57. The van der Waals surface area contributed by atoms with Crippen LogP contribution in [0.3, 0.4) is 0 Å². The predicted molar refractivity (Wildman–Crippen MR) is 74.4 cm³/mol. The van der Waals surface area contributed by atoms with Crippen molar-refractivity contribution < 1.29 is 14.3 Å². The van der Waals surface area contributed by atoms with Crippen LogP contribution in [0, 0.1) is 0 Å². The molecule has 0 aliphatic heterocycles. The first-order chi connectivity index (χ1) is 9.20. The Hall–Kier alpha value is -2.05. The van der Waals surface area contributed by atoms with Gasteiger partial charge in [0.2, 0.25) is 0 Å². The number of hydrogen-bond donors (Lipinski definition) is 1. The van der Waals surface area contributed by atoms with Gasteiger partial charge in [-0.3, -0.25) is 4.79 Å². The Labute approximate surface area is 118 Å². The largest absolute Gasteiger partial charge is 0.444 e. The van der Waals surface area contributed by atoms with Crippen LogP contribution in [0.1, 0.15) is 31.4 Å². The maximum atomic E-state index is 11.9. The van der Waals surface area contributed by atoms with Gasteiger partial charge in [0.15, 0.2) is 5.82 Å². The highest BCUT2D eigenvalue weighted by atomic mass is 16.6. The van der Waals surface area contributed by atoms with E-state index in [0.29, 0.717) is 13.1 Å². The number of carbonyl (C=O) groups excluding carboxylic acids is 2. The third-order valence-electron chi connectivity index (χ3n) is 2.52. The van der Waals surface area contributed by atoms with Crippen molar-refractivity contribution in [1.29, 1.82) is 0 Å². The minimum Gasteiger partial charge on any atom is -0.444 e. The van der Waals surface area contributed by atoms with Gasteiger partial charge in [-0.2, -0.15) is 0 Å². The second-order valence-corrected chi connectivity index (χ2v) is 5.57. The summed E-state index contributed by atoms with van der Waals surface area (Å²) in [6.45, 7) is 6.22. The summed E-state index contributed by atoms with van der Waals surface area (Å²) in [4.78, 5) is 33.3. The molecule has 7 heteroatoms. The lowest BCUT2D eigenvalue weighted by Gasteiger charge is -2.26. The standard InChI is InChI=1S/C13H22N4O3/c1-13(2,3)20-12(19)17(5)9-8-16(4)11(18)10-14-6-7-15-10/h6-7H,8-9H2,1-5H3,(H,14,15). The van der Waals surface area contributed by atoms with Crippen LogP contribution in [-0.4, -0.2) is 64.6 Å². The fraction of sp³-hybridized carbons (Fsp3) is 0.615. The molecule has 1 heterocycles. The monoisotopic (exact) mass is 282 g/mol. The number of likely N-dealkylation sites (N-methyl/N-ethyl adjacent to an activating group) is 2. The average Bonchev–Trinajstić information content (AvgIpc) is 2.86. The van der Waals surface area contributed by atoms with Crippen molar-refractivity contribution >= 4 is 12.0 Å². The van der Waals surface area contributed by atoms with Gasteiger partial charge in [-0.15, -0.1) is 0 Å². The highest BCUT2D eigenvalue weighted by molar-refractivity contribution is 5.90. The molecule has 0 saturated heterocycles. The van der Waals surface area contributed by atoms with Crippen LogP contribution in [0.4, 0.5) is 4.79 Å². The number of imidazole rings is 1. The molecule has 0 atom stereocenters. The Balaban J connectivity index is 2.42. The van der Waals surface area contributed by atoms with Gasteiger partial charge in [-0.25, -0.2) is 9.78 Å². The van der Waals surface area contributed by atoms with E-state index in [9.17, 15) is 9.59 Å². The average molecular weight is 282 g/mol. The van der Waals surface area contributed by atoms with Crippen molar-refractivity contribution in [3.8, 4) is 0 Å². The molecule has 0 aliphatic rings. The van der Waals surface area contributed by atoms with Crippen LogP contribution < -0.4 is 0 Å². The summed E-state index contributed by atoms with van der Waals surface area (Å²) in [5.74, 6) is 0.0695. The van der Waals surface area contributed by atoms with Crippen LogP contribution in [0.15, 0.2) is 12.4 Å². The maximum absolute atomic E-state index is 11.9. The molecule has 20 heavy (non-hydrogen) atoms. The summed E-state index contributed by atoms with van der Waals surface area (Å²) in [5, 5.41) is 0. The summed E-state index contributed by atoms with van der Waals surface area (Å²) in [5.41, 5.74) is -0.527. The van der Waals surface area contributed by atoms with Crippen LogP contribution in [-0.2, 0) is 4.74 Å². The summed E-state index contributed by atoms with van der Waals surface area (Å²) in [7, 11) is 3.30. The van der Waals surface area contributed by atoms with E-state index in [2.05, 4.69) is 9.97 Å². The van der Waals surface area contributed by atoms with Crippen LogP contribution in [0.2, 0.25) is 0 Å². The van der Waals surface area contributed by atoms with Crippen LogP contribution >= 0.6 is 0 Å². The van der Waals surface area contributed by atoms with Crippen LogP contribution in [0.5, 0.6) is 0 Å². The van der Waals surface area contributed by atoms with Gasteiger partial charge in [0.1, 0.15) is 5.60 Å². The SMILES string of the molecule is CN(CCN(C)C(=O)c1ncc[nH]1)C(=O)OC(C)(C)C. The molecule has 0 unspecified atom stereocenters. The molecule has 0 aliphatic carbocycles. The first kappa shape index (κ1) is 16.0. The highest BCUT2D eigenvalue weighted by Crippen LogP contribution is 2.09. The number of nitrogens with zero attached hydrogens (tertiary/aromatic N) is 3. The zero-order valence-corrected chi connectivity index (χ0v) is 12.6. The quantitative estimate of drug-likeness (QED) is 0.904. The minimum absolute atomic E-state index is 0.215. The molecular weight excluding hydrogens is 260 g/mol. The van der Waals surface area contributed by atoms with Gasteiger partial charge in [0.05, 0.1) is 0 Å². The molecule has 2 amide bonds. The van der Waals surface area contributed by atoms with Gasteiger partial charge < -0.3 is 19.5 Å². The van der Waals surface area contributed by atoms with Gasteiger partial charge in [0.25, 0.3) is 5.91 Å². The summed E-state index contributed by atoms with van der Waals surface area (Å²) in [6, 6.07) is 0. The van der Waals surface area contributed by atoms with E-state index in [1.54, 1.807) is 20.3 Å². The van der Waals surface area contributed by atoms with Gasteiger partial charge in [-0.1, -0.05) is 0 Å². The van der Waals surface area contributed by atoms with Crippen molar-refractivity contribution in [3.63, 3.8) is 0 Å². The van der Waals surface area contributed by atoms with Gasteiger partial charge in [-0.05, 0) is 20.8 Å². The lowest BCUT2D eigenvalue weighted by atomic mass is 10.2. The Bertz CT molecular complexity index is 451. The van der Waals surface area contributed by atoms with Crippen molar-refractivity contribution in [3.05, 3.63) is 18.2 Å². The number of rotatable bonds is 4. The molecule has 0 spiro atoms. The van der Waals surface area contributed by atoms with Crippen LogP contribution in [0.25, 0.3) is 0 Å². The van der Waals surface area contributed by atoms with E-state index < -0.39 is 11.7 Å². The number of aromatic amines is 1. The minimum atomic E-state index is -0.527. The Morgan fingerprint density at radius 1 is 1.25 bits per heavy atom. The van der Waals surface area contributed by atoms with E-state index in [-0.39, 0.29) is 11.7 Å². The second kappa shape index (κ2) is 6.40. The molecule has 0 aromatic carbocycles. The molecule has 0 fully saturated rings. The summed E-state index contributed by atoms with van der Waals surface area (Å²) < 4.78 is 5.23. The first-order valence-electron chi connectivity index (χ1n) is 6.39. The fourth-order valence-electron chi connectivity index (χ4n) is 1.40. The molecule has 1 rings (SSSR count). The normalized spacial score (nSPS) is 11.1. The zero-order chi connectivity index (χ0) is 15.3. The van der Waals surface area contributed by atoms with Gasteiger partial charge >= 0.3 is 6.09 Å². The number of amides is 2. The fourth-order valence-corrected chi connectivity index (χ4v) is 1.40. The van der Waals surface area contributed by atoms with E-state index in [0.717, 1.165) is 0 Å². The Kier molecular flexibility index (Phi) is 5.12.